The highest BCUT2D eigenvalue weighted by Crippen LogP contribution is 2.22. The van der Waals surface area contributed by atoms with Gasteiger partial charge in [0.15, 0.2) is 0 Å². The molecule has 110 valence electrons. The van der Waals surface area contributed by atoms with Crippen LogP contribution in [0.4, 0.5) is 5.69 Å². The van der Waals surface area contributed by atoms with Crippen molar-refractivity contribution >= 4 is 39.1 Å². The van der Waals surface area contributed by atoms with Crippen molar-refractivity contribution in [3.05, 3.63) is 63.1 Å². The molecule has 3 nitrogen and oxygen atoms in total. The molecule has 0 unspecified atom stereocenters. The first-order valence-corrected chi connectivity index (χ1v) is 7.64. The summed E-state index contributed by atoms with van der Waals surface area (Å²) in [4.78, 5) is 13.5. The number of nitrogens with one attached hydrogen (secondary N) is 1. The fourth-order valence-electron chi connectivity index (χ4n) is 1.88. The Morgan fingerprint density at radius 1 is 1.24 bits per heavy atom. The van der Waals surface area contributed by atoms with Gasteiger partial charge in [0.2, 0.25) is 0 Å². The smallest absolute Gasteiger partial charge is 0.253 e. The number of hydrogen-bond donors (Lipinski definition) is 1. The Kier molecular flexibility index (Phi) is 5.26. The summed E-state index contributed by atoms with van der Waals surface area (Å²) in [6, 6.07) is 13.2. The van der Waals surface area contributed by atoms with Gasteiger partial charge in [-0.05, 0) is 35.9 Å². The van der Waals surface area contributed by atoms with Crippen LogP contribution in [0.5, 0.6) is 0 Å². The molecule has 1 N–H and O–H groups in total. The van der Waals surface area contributed by atoms with Crippen LogP contribution in [0.25, 0.3) is 0 Å². The summed E-state index contributed by atoms with van der Waals surface area (Å²) in [5, 5.41) is 4.01. The molecule has 0 atom stereocenters. The lowest BCUT2D eigenvalue weighted by atomic mass is 10.1. The van der Waals surface area contributed by atoms with Crippen molar-refractivity contribution < 1.29 is 4.79 Å². The van der Waals surface area contributed by atoms with Crippen LogP contribution in [0.15, 0.2) is 46.9 Å². The first-order chi connectivity index (χ1) is 9.97. The van der Waals surface area contributed by atoms with Gasteiger partial charge in [0.25, 0.3) is 5.91 Å². The Balaban J connectivity index is 2.10. The number of hydrogen-bond acceptors (Lipinski definition) is 2. The van der Waals surface area contributed by atoms with Crippen LogP contribution in [0, 0.1) is 0 Å². The fourth-order valence-corrected chi connectivity index (χ4v) is 2.71. The second-order valence-corrected chi connectivity index (χ2v) is 6.16. The molecule has 21 heavy (non-hydrogen) atoms. The first-order valence-electron chi connectivity index (χ1n) is 6.47. The third kappa shape index (κ3) is 4.22. The molecule has 2 rings (SSSR count). The van der Waals surface area contributed by atoms with E-state index in [9.17, 15) is 4.79 Å². The highest BCUT2D eigenvalue weighted by atomic mass is 79.9. The SMILES string of the molecule is CN(C)C(=O)c1cccc(NCc2ccc(Cl)cc2Br)c1. The monoisotopic (exact) mass is 366 g/mol. The second-order valence-electron chi connectivity index (χ2n) is 4.87. The number of halogens is 2. The zero-order chi connectivity index (χ0) is 15.4. The van der Waals surface area contributed by atoms with Gasteiger partial charge in [-0.3, -0.25) is 4.79 Å². The number of carbonyl (C=O) groups is 1. The van der Waals surface area contributed by atoms with Gasteiger partial charge in [0, 0.05) is 41.4 Å². The van der Waals surface area contributed by atoms with Crippen LogP contribution in [0.3, 0.4) is 0 Å². The maximum Gasteiger partial charge on any atom is 0.253 e. The predicted octanol–water partition coefficient (Wildman–Crippen LogP) is 4.42. The predicted molar refractivity (Wildman–Crippen MR) is 90.9 cm³/mol. The van der Waals surface area contributed by atoms with E-state index in [4.69, 9.17) is 11.6 Å². The van der Waals surface area contributed by atoms with E-state index in [-0.39, 0.29) is 5.91 Å². The fraction of sp³-hybridized carbons (Fsp3) is 0.188. The number of carbonyl (C=O) groups excluding carboxylic acids is 1. The topological polar surface area (TPSA) is 32.3 Å². The summed E-state index contributed by atoms with van der Waals surface area (Å²) in [6.45, 7) is 0.650. The van der Waals surface area contributed by atoms with Gasteiger partial charge in [-0.2, -0.15) is 0 Å². The van der Waals surface area contributed by atoms with Crippen LogP contribution in [-0.4, -0.2) is 24.9 Å². The van der Waals surface area contributed by atoms with Gasteiger partial charge in [-0.25, -0.2) is 0 Å². The van der Waals surface area contributed by atoms with Gasteiger partial charge in [0.05, 0.1) is 0 Å². The Hall–Kier alpha value is -1.52. The summed E-state index contributed by atoms with van der Waals surface area (Å²) in [6.07, 6.45) is 0. The van der Waals surface area contributed by atoms with Gasteiger partial charge in [0.1, 0.15) is 0 Å². The van der Waals surface area contributed by atoms with E-state index in [1.165, 1.54) is 0 Å². The lowest BCUT2D eigenvalue weighted by Gasteiger charge is -2.12. The van der Waals surface area contributed by atoms with E-state index in [1.807, 2.05) is 42.5 Å². The van der Waals surface area contributed by atoms with Crippen molar-refractivity contribution in [3.8, 4) is 0 Å². The van der Waals surface area contributed by atoms with E-state index in [0.29, 0.717) is 17.1 Å². The lowest BCUT2D eigenvalue weighted by molar-refractivity contribution is 0.0827. The number of rotatable bonds is 4. The van der Waals surface area contributed by atoms with Crippen molar-refractivity contribution in [2.75, 3.05) is 19.4 Å². The van der Waals surface area contributed by atoms with Crippen molar-refractivity contribution in [3.63, 3.8) is 0 Å². The maximum atomic E-state index is 11.9. The lowest BCUT2D eigenvalue weighted by Crippen LogP contribution is -2.21. The third-order valence-corrected chi connectivity index (χ3v) is 3.99. The minimum Gasteiger partial charge on any atom is -0.381 e. The Morgan fingerprint density at radius 2 is 2.00 bits per heavy atom. The van der Waals surface area contributed by atoms with Gasteiger partial charge >= 0.3 is 0 Å². The van der Waals surface area contributed by atoms with E-state index in [0.717, 1.165) is 15.7 Å². The molecule has 0 heterocycles. The summed E-state index contributed by atoms with van der Waals surface area (Å²) in [5.74, 6) is -0.00803. The first kappa shape index (κ1) is 15.9. The molecular formula is C16H16BrClN2O. The van der Waals surface area contributed by atoms with Crippen LogP contribution in [0.2, 0.25) is 5.02 Å². The highest BCUT2D eigenvalue weighted by molar-refractivity contribution is 9.10. The molecule has 0 saturated carbocycles. The van der Waals surface area contributed by atoms with E-state index >= 15 is 0 Å². The zero-order valence-corrected chi connectivity index (χ0v) is 14.2. The summed E-state index contributed by atoms with van der Waals surface area (Å²) in [5.41, 5.74) is 2.67. The molecule has 0 saturated heterocycles. The molecule has 5 heteroatoms. The highest BCUT2D eigenvalue weighted by Gasteiger charge is 2.08. The minimum absolute atomic E-state index is 0.00803. The molecule has 0 radical (unpaired) electrons. The van der Waals surface area contributed by atoms with E-state index in [1.54, 1.807) is 19.0 Å². The van der Waals surface area contributed by atoms with Crippen molar-refractivity contribution in [1.29, 1.82) is 0 Å². The Labute approximate surface area is 138 Å². The standard InChI is InChI=1S/C16H16BrClN2O/c1-20(2)16(21)11-4-3-5-14(8-11)19-10-12-6-7-13(18)9-15(12)17/h3-9,19H,10H2,1-2H3. The minimum atomic E-state index is -0.00803. The molecule has 0 aromatic heterocycles. The molecule has 0 fully saturated rings. The zero-order valence-electron chi connectivity index (χ0n) is 11.9. The molecule has 0 bridgehead atoms. The molecule has 2 aromatic carbocycles. The number of benzene rings is 2. The van der Waals surface area contributed by atoms with Crippen LogP contribution in [0.1, 0.15) is 15.9 Å². The Bertz CT molecular complexity index is 658. The molecule has 0 aliphatic heterocycles. The maximum absolute atomic E-state index is 11.9. The number of nitrogens with zero attached hydrogens (tertiary/aromatic N) is 1. The molecule has 0 aliphatic carbocycles. The summed E-state index contributed by atoms with van der Waals surface area (Å²) < 4.78 is 0.961. The second kappa shape index (κ2) is 6.96. The van der Waals surface area contributed by atoms with E-state index in [2.05, 4.69) is 21.2 Å². The normalized spacial score (nSPS) is 10.3. The third-order valence-electron chi connectivity index (χ3n) is 3.01. The summed E-state index contributed by atoms with van der Waals surface area (Å²) >= 11 is 9.42. The molecule has 0 aliphatic rings. The molecule has 2 aromatic rings. The van der Waals surface area contributed by atoms with E-state index < -0.39 is 0 Å². The molecule has 1 amide bonds. The van der Waals surface area contributed by atoms with Crippen molar-refractivity contribution in [1.82, 2.24) is 4.90 Å². The van der Waals surface area contributed by atoms with Crippen LogP contribution >= 0.6 is 27.5 Å². The van der Waals surface area contributed by atoms with Crippen molar-refractivity contribution in [2.45, 2.75) is 6.54 Å². The molecular weight excluding hydrogens is 352 g/mol. The Morgan fingerprint density at radius 3 is 2.67 bits per heavy atom. The number of anilines is 1. The molecule has 0 spiro atoms. The average Bonchev–Trinajstić information content (AvgIpc) is 2.45. The summed E-state index contributed by atoms with van der Waals surface area (Å²) in [7, 11) is 3.49. The number of amides is 1. The van der Waals surface area contributed by atoms with Gasteiger partial charge in [-0.15, -0.1) is 0 Å². The van der Waals surface area contributed by atoms with Crippen LogP contribution in [-0.2, 0) is 6.54 Å². The van der Waals surface area contributed by atoms with Gasteiger partial charge < -0.3 is 10.2 Å². The average molecular weight is 368 g/mol. The van der Waals surface area contributed by atoms with Gasteiger partial charge in [-0.1, -0.05) is 39.7 Å². The quantitative estimate of drug-likeness (QED) is 0.868. The van der Waals surface area contributed by atoms with Crippen LogP contribution < -0.4 is 5.32 Å². The van der Waals surface area contributed by atoms with Crippen molar-refractivity contribution in [2.24, 2.45) is 0 Å². The largest absolute Gasteiger partial charge is 0.381 e.